The SMILES string of the molecule is CC(C)Oc1ccc(C(=O)CN2CCN(C(=O)OC(C)(C)C)CC2)cc1N. The minimum atomic E-state index is -0.504. The zero-order valence-electron chi connectivity index (χ0n) is 16.9. The van der Waals surface area contributed by atoms with E-state index in [0.29, 0.717) is 49.7 Å². The largest absolute Gasteiger partial charge is 0.489 e. The monoisotopic (exact) mass is 377 g/mol. The third-order valence-electron chi connectivity index (χ3n) is 4.09. The molecule has 0 aromatic heterocycles. The topological polar surface area (TPSA) is 85.1 Å². The van der Waals surface area contributed by atoms with E-state index in [9.17, 15) is 9.59 Å². The highest BCUT2D eigenvalue weighted by Gasteiger charge is 2.26. The molecule has 0 bridgehead atoms. The molecule has 2 N–H and O–H groups in total. The number of amides is 1. The molecule has 0 aliphatic carbocycles. The zero-order chi connectivity index (χ0) is 20.2. The molecule has 0 unspecified atom stereocenters. The van der Waals surface area contributed by atoms with Crippen molar-refractivity contribution in [2.24, 2.45) is 0 Å². The fourth-order valence-corrected chi connectivity index (χ4v) is 2.79. The lowest BCUT2D eigenvalue weighted by atomic mass is 10.1. The molecule has 1 aromatic rings. The Bertz CT molecular complexity index is 674. The first-order valence-electron chi connectivity index (χ1n) is 9.35. The van der Waals surface area contributed by atoms with E-state index < -0.39 is 5.60 Å². The number of Topliss-reactive ketones (excluding diaryl/α,β-unsaturated/α-hetero) is 1. The van der Waals surface area contributed by atoms with Gasteiger partial charge in [0, 0.05) is 31.7 Å². The fourth-order valence-electron chi connectivity index (χ4n) is 2.79. The first-order chi connectivity index (χ1) is 12.5. The Morgan fingerprint density at radius 1 is 1.15 bits per heavy atom. The number of benzene rings is 1. The minimum Gasteiger partial charge on any atom is -0.489 e. The molecule has 1 aromatic carbocycles. The van der Waals surface area contributed by atoms with Crippen LogP contribution in [0.1, 0.15) is 45.0 Å². The van der Waals surface area contributed by atoms with Crippen molar-refractivity contribution in [3.8, 4) is 5.75 Å². The first kappa shape index (κ1) is 21.0. The standard InChI is InChI=1S/C20H31N3O4/c1-14(2)26-18-7-6-15(12-16(18)21)17(24)13-22-8-10-23(11-9-22)19(25)27-20(3,4)5/h6-7,12,14H,8-11,13,21H2,1-5H3. The van der Waals surface area contributed by atoms with Gasteiger partial charge in [-0.1, -0.05) is 0 Å². The van der Waals surface area contributed by atoms with Crippen molar-refractivity contribution in [2.75, 3.05) is 38.5 Å². The van der Waals surface area contributed by atoms with Crippen LogP contribution in [0, 0.1) is 0 Å². The second-order valence-electron chi connectivity index (χ2n) is 8.09. The normalized spacial score (nSPS) is 15.7. The number of ketones is 1. The number of nitrogens with two attached hydrogens (primary N) is 1. The van der Waals surface area contributed by atoms with E-state index in [4.69, 9.17) is 15.2 Å². The van der Waals surface area contributed by atoms with Gasteiger partial charge in [-0.2, -0.15) is 0 Å². The van der Waals surface area contributed by atoms with E-state index in [1.165, 1.54) is 0 Å². The van der Waals surface area contributed by atoms with Gasteiger partial charge in [0.05, 0.1) is 18.3 Å². The molecule has 1 fully saturated rings. The van der Waals surface area contributed by atoms with Gasteiger partial charge in [-0.15, -0.1) is 0 Å². The van der Waals surface area contributed by atoms with Crippen LogP contribution in [0.25, 0.3) is 0 Å². The molecule has 0 radical (unpaired) electrons. The Balaban J connectivity index is 1.87. The lowest BCUT2D eigenvalue weighted by Gasteiger charge is -2.35. The highest BCUT2D eigenvalue weighted by Crippen LogP contribution is 2.24. The van der Waals surface area contributed by atoms with Gasteiger partial charge in [0.25, 0.3) is 0 Å². The zero-order valence-corrected chi connectivity index (χ0v) is 16.9. The van der Waals surface area contributed by atoms with Crippen LogP contribution in [0.3, 0.4) is 0 Å². The van der Waals surface area contributed by atoms with Crippen LogP contribution in [0.2, 0.25) is 0 Å². The molecule has 7 nitrogen and oxygen atoms in total. The number of nitrogen functional groups attached to an aromatic ring is 1. The maximum Gasteiger partial charge on any atom is 0.410 e. The van der Waals surface area contributed by atoms with Gasteiger partial charge >= 0.3 is 6.09 Å². The third kappa shape index (κ3) is 6.43. The number of hydrogen-bond acceptors (Lipinski definition) is 6. The lowest BCUT2D eigenvalue weighted by molar-refractivity contribution is 0.0149. The van der Waals surface area contributed by atoms with E-state index >= 15 is 0 Å². The molecule has 1 heterocycles. The summed E-state index contributed by atoms with van der Waals surface area (Å²) in [5, 5.41) is 0. The summed E-state index contributed by atoms with van der Waals surface area (Å²) in [6.45, 7) is 12.1. The van der Waals surface area contributed by atoms with Crippen LogP contribution in [-0.2, 0) is 4.74 Å². The van der Waals surface area contributed by atoms with Crippen LogP contribution >= 0.6 is 0 Å². The molecule has 0 saturated carbocycles. The number of piperazine rings is 1. The molecule has 0 spiro atoms. The van der Waals surface area contributed by atoms with Gasteiger partial charge < -0.3 is 20.1 Å². The Morgan fingerprint density at radius 3 is 2.30 bits per heavy atom. The van der Waals surface area contributed by atoms with Gasteiger partial charge in [-0.05, 0) is 52.8 Å². The summed E-state index contributed by atoms with van der Waals surface area (Å²) in [6, 6.07) is 5.15. The Labute approximate surface area is 161 Å². The summed E-state index contributed by atoms with van der Waals surface area (Å²) in [6.07, 6.45) is -0.280. The fraction of sp³-hybridized carbons (Fsp3) is 0.600. The van der Waals surface area contributed by atoms with Gasteiger partial charge in [0.1, 0.15) is 11.4 Å². The molecule has 1 amide bonds. The molecular weight excluding hydrogens is 346 g/mol. The predicted molar refractivity (Wildman–Crippen MR) is 105 cm³/mol. The maximum absolute atomic E-state index is 12.6. The molecule has 1 saturated heterocycles. The summed E-state index contributed by atoms with van der Waals surface area (Å²) < 4.78 is 11.0. The highest BCUT2D eigenvalue weighted by atomic mass is 16.6. The Kier molecular flexibility index (Phi) is 6.70. The van der Waals surface area contributed by atoms with Crippen molar-refractivity contribution in [1.82, 2.24) is 9.80 Å². The number of anilines is 1. The second kappa shape index (κ2) is 8.61. The summed E-state index contributed by atoms with van der Waals surface area (Å²) in [4.78, 5) is 28.4. The van der Waals surface area contributed by atoms with E-state index in [2.05, 4.69) is 0 Å². The van der Waals surface area contributed by atoms with Gasteiger partial charge in [0.15, 0.2) is 5.78 Å². The molecule has 1 aliphatic rings. The average Bonchev–Trinajstić information content (AvgIpc) is 2.55. The highest BCUT2D eigenvalue weighted by molar-refractivity contribution is 5.98. The summed E-state index contributed by atoms with van der Waals surface area (Å²) >= 11 is 0. The lowest BCUT2D eigenvalue weighted by Crippen LogP contribution is -2.51. The molecule has 2 rings (SSSR count). The van der Waals surface area contributed by atoms with Gasteiger partial charge in [-0.25, -0.2) is 4.79 Å². The van der Waals surface area contributed by atoms with Crippen molar-refractivity contribution in [1.29, 1.82) is 0 Å². The van der Waals surface area contributed by atoms with E-state index in [-0.39, 0.29) is 18.0 Å². The molecule has 27 heavy (non-hydrogen) atoms. The van der Waals surface area contributed by atoms with Crippen molar-refractivity contribution in [3.63, 3.8) is 0 Å². The van der Waals surface area contributed by atoms with Crippen molar-refractivity contribution in [2.45, 2.75) is 46.3 Å². The van der Waals surface area contributed by atoms with Crippen LogP contribution in [0.5, 0.6) is 5.75 Å². The Hall–Kier alpha value is -2.28. The van der Waals surface area contributed by atoms with Crippen molar-refractivity contribution in [3.05, 3.63) is 23.8 Å². The second-order valence-corrected chi connectivity index (χ2v) is 8.09. The molecule has 0 atom stereocenters. The minimum absolute atomic E-state index is 0.00325. The number of rotatable bonds is 5. The summed E-state index contributed by atoms with van der Waals surface area (Å²) in [5.41, 5.74) is 6.52. The Morgan fingerprint density at radius 2 is 1.78 bits per heavy atom. The van der Waals surface area contributed by atoms with Gasteiger partial charge in [-0.3, -0.25) is 9.69 Å². The molecular formula is C20H31N3O4. The maximum atomic E-state index is 12.6. The first-order valence-corrected chi connectivity index (χ1v) is 9.35. The van der Waals surface area contributed by atoms with Crippen molar-refractivity contribution < 1.29 is 19.1 Å². The molecule has 150 valence electrons. The average molecular weight is 377 g/mol. The molecule has 1 aliphatic heterocycles. The smallest absolute Gasteiger partial charge is 0.410 e. The van der Waals surface area contributed by atoms with Crippen LogP contribution in [0.4, 0.5) is 10.5 Å². The van der Waals surface area contributed by atoms with Crippen LogP contribution < -0.4 is 10.5 Å². The predicted octanol–water partition coefficient (Wildman–Crippen LogP) is 2.79. The van der Waals surface area contributed by atoms with E-state index in [1.54, 1.807) is 23.1 Å². The number of carbonyl (C=O) groups excluding carboxylic acids is 2. The van der Waals surface area contributed by atoms with E-state index in [0.717, 1.165) is 0 Å². The van der Waals surface area contributed by atoms with E-state index in [1.807, 2.05) is 39.5 Å². The summed E-state index contributed by atoms with van der Waals surface area (Å²) in [7, 11) is 0. The summed E-state index contributed by atoms with van der Waals surface area (Å²) in [5.74, 6) is 0.594. The van der Waals surface area contributed by atoms with Gasteiger partial charge in [0.2, 0.25) is 0 Å². The van der Waals surface area contributed by atoms with Crippen molar-refractivity contribution >= 4 is 17.6 Å². The van der Waals surface area contributed by atoms with Crippen LogP contribution in [-0.4, -0.2) is 66.1 Å². The molecule has 7 heteroatoms. The van der Waals surface area contributed by atoms with Crippen LogP contribution in [0.15, 0.2) is 18.2 Å². The number of ether oxygens (including phenoxy) is 2. The number of nitrogens with zero attached hydrogens (tertiary/aromatic N) is 2. The number of carbonyl (C=O) groups is 2. The third-order valence-corrected chi connectivity index (χ3v) is 4.09. The quantitative estimate of drug-likeness (QED) is 0.627. The number of hydrogen-bond donors (Lipinski definition) is 1.